The van der Waals surface area contributed by atoms with E-state index in [0.717, 1.165) is 12.1 Å². The smallest absolute Gasteiger partial charge is 0.404 e. The highest BCUT2D eigenvalue weighted by Gasteiger charge is 2.41. The van der Waals surface area contributed by atoms with Crippen molar-refractivity contribution in [2.75, 3.05) is 5.32 Å². The lowest BCUT2D eigenvalue weighted by Gasteiger charge is -2.15. The summed E-state index contributed by atoms with van der Waals surface area (Å²) in [5, 5.41) is 5.63. The molecule has 1 N–H and O–H groups in total. The number of aromatic nitrogens is 2. The van der Waals surface area contributed by atoms with E-state index in [9.17, 15) is 31.1 Å². The highest BCUT2D eigenvalue weighted by atomic mass is 19.4. The lowest BCUT2D eigenvalue weighted by molar-refractivity contribution is -0.274. The summed E-state index contributed by atoms with van der Waals surface area (Å²) in [6.45, 7) is 0. The zero-order valence-electron chi connectivity index (χ0n) is 14.3. The average Bonchev–Trinajstić information content (AvgIpc) is 3.09. The molecule has 1 aromatic heterocycles. The minimum Gasteiger partial charge on any atom is -0.404 e. The number of hydrogen-bond donors (Lipinski definition) is 1. The standard InChI is InChI=1S/C18H11F6N3O2/c19-17(20,21)15-12(10-25-27(15)11-6-2-1-3-7-11)16(28)26-13-8-4-5-9-14(13)29-18(22,23)24/h1-10H,(H,26,28). The second kappa shape index (κ2) is 7.49. The van der Waals surface area contributed by atoms with Gasteiger partial charge < -0.3 is 10.1 Å². The maximum Gasteiger partial charge on any atom is 0.573 e. The van der Waals surface area contributed by atoms with E-state index in [2.05, 4.69) is 9.84 Å². The van der Waals surface area contributed by atoms with Crippen molar-refractivity contribution < 1.29 is 35.9 Å². The molecule has 0 saturated carbocycles. The number of carbonyl (C=O) groups is 1. The van der Waals surface area contributed by atoms with Gasteiger partial charge >= 0.3 is 12.5 Å². The molecule has 1 amide bonds. The first-order valence-corrected chi connectivity index (χ1v) is 7.93. The Bertz CT molecular complexity index is 1010. The number of nitrogens with zero attached hydrogens (tertiary/aromatic N) is 2. The van der Waals surface area contributed by atoms with Crippen molar-refractivity contribution in [3.8, 4) is 11.4 Å². The Kier molecular flexibility index (Phi) is 5.23. The Balaban J connectivity index is 1.99. The van der Waals surface area contributed by atoms with Crippen molar-refractivity contribution in [3.63, 3.8) is 0 Å². The second-order valence-electron chi connectivity index (χ2n) is 5.65. The van der Waals surface area contributed by atoms with Crippen LogP contribution in [0.3, 0.4) is 0 Å². The summed E-state index contributed by atoms with van der Waals surface area (Å²) in [6.07, 6.45) is -9.31. The van der Waals surface area contributed by atoms with Gasteiger partial charge in [0, 0.05) is 0 Å². The first-order valence-electron chi connectivity index (χ1n) is 7.93. The Labute approximate surface area is 159 Å². The fraction of sp³-hybridized carbons (Fsp3) is 0.111. The molecule has 152 valence electrons. The van der Waals surface area contributed by atoms with Gasteiger partial charge in [0.05, 0.1) is 23.1 Å². The molecule has 2 aromatic carbocycles. The van der Waals surface area contributed by atoms with E-state index < -0.39 is 41.1 Å². The van der Waals surface area contributed by atoms with Crippen LogP contribution in [0.1, 0.15) is 16.1 Å². The van der Waals surface area contributed by atoms with E-state index in [1.165, 1.54) is 36.4 Å². The van der Waals surface area contributed by atoms with E-state index in [0.29, 0.717) is 10.9 Å². The molecule has 0 fully saturated rings. The number of ether oxygens (including phenoxy) is 1. The Morgan fingerprint density at radius 2 is 1.55 bits per heavy atom. The summed E-state index contributed by atoms with van der Waals surface area (Å²) < 4.78 is 82.7. The zero-order chi connectivity index (χ0) is 21.2. The van der Waals surface area contributed by atoms with Crippen molar-refractivity contribution in [1.29, 1.82) is 0 Å². The SMILES string of the molecule is O=C(Nc1ccccc1OC(F)(F)F)c1cnn(-c2ccccc2)c1C(F)(F)F. The van der Waals surface area contributed by atoms with Crippen LogP contribution in [0.4, 0.5) is 32.0 Å². The van der Waals surface area contributed by atoms with Gasteiger partial charge in [0.15, 0.2) is 11.4 Å². The lowest BCUT2D eigenvalue weighted by atomic mass is 10.2. The predicted molar refractivity (Wildman–Crippen MR) is 89.6 cm³/mol. The number of para-hydroxylation sites is 3. The maximum atomic E-state index is 13.6. The molecule has 0 spiro atoms. The van der Waals surface area contributed by atoms with Crippen LogP contribution in [-0.2, 0) is 6.18 Å². The third-order valence-corrected chi connectivity index (χ3v) is 3.64. The topological polar surface area (TPSA) is 56.1 Å². The molecular formula is C18H11F6N3O2. The largest absolute Gasteiger partial charge is 0.573 e. The van der Waals surface area contributed by atoms with E-state index in [-0.39, 0.29) is 5.69 Å². The van der Waals surface area contributed by atoms with Crippen molar-refractivity contribution in [2.24, 2.45) is 0 Å². The van der Waals surface area contributed by atoms with E-state index in [1.54, 1.807) is 6.07 Å². The maximum absolute atomic E-state index is 13.6. The van der Waals surface area contributed by atoms with Crippen molar-refractivity contribution in [3.05, 3.63) is 72.1 Å². The predicted octanol–water partition coefficient (Wildman–Crippen LogP) is 5.04. The van der Waals surface area contributed by atoms with Crippen LogP contribution in [0, 0.1) is 0 Å². The van der Waals surface area contributed by atoms with Gasteiger partial charge in [0.2, 0.25) is 0 Å². The number of benzene rings is 2. The Hall–Kier alpha value is -3.50. The molecule has 0 saturated heterocycles. The van der Waals surface area contributed by atoms with Gasteiger partial charge in [-0.3, -0.25) is 4.79 Å². The van der Waals surface area contributed by atoms with E-state index >= 15 is 0 Å². The van der Waals surface area contributed by atoms with Crippen LogP contribution in [0.15, 0.2) is 60.8 Å². The summed E-state index contributed by atoms with van der Waals surface area (Å²) in [5.74, 6) is -2.06. The van der Waals surface area contributed by atoms with Crippen molar-refractivity contribution >= 4 is 11.6 Å². The van der Waals surface area contributed by atoms with Crippen LogP contribution in [-0.4, -0.2) is 22.1 Å². The molecule has 0 aliphatic heterocycles. The molecular weight excluding hydrogens is 404 g/mol. The number of rotatable bonds is 4. The van der Waals surface area contributed by atoms with Gasteiger partial charge in [-0.15, -0.1) is 13.2 Å². The second-order valence-corrected chi connectivity index (χ2v) is 5.65. The molecule has 0 unspecified atom stereocenters. The first-order chi connectivity index (χ1) is 13.6. The molecule has 0 radical (unpaired) electrons. The molecule has 3 aromatic rings. The minimum absolute atomic E-state index is 0.0553. The van der Waals surface area contributed by atoms with Crippen LogP contribution in [0.5, 0.6) is 5.75 Å². The highest BCUT2D eigenvalue weighted by molar-refractivity contribution is 6.05. The van der Waals surface area contributed by atoms with Gasteiger partial charge in [-0.25, -0.2) is 4.68 Å². The van der Waals surface area contributed by atoms with Crippen LogP contribution < -0.4 is 10.1 Å². The van der Waals surface area contributed by atoms with Crippen LogP contribution >= 0.6 is 0 Å². The molecule has 29 heavy (non-hydrogen) atoms. The third kappa shape index (κ3) is 4.68. The first kappa shape index (κ1) is 20.2. The summed E-state index contributed by atoms with van der Waals surface area (Å²) in [6, 6.07) is 11.8. The number of hydrogen-bond acceptors (Lipinski definition) is 3. The summed E-state index contributed by atoms with van der Waals surface area (Å²) in [4.78, 5) is 12.4. The van der Waals surface area contributed by atoms with Crippen molar-refractivity contribution in [2.45, 2.75) is 12.5 Å². The molecule has 5 nitrogen and oxygen atoms in total. The lowest BCUT2D eigenvalue weighted by Crippen LogP contribution is -2.22. The number of alkyl halides is 6. The van der Waals surface area contributed by atoms with Gasteiger partial charge in [-0.2, -0.15) is 18.3 Å². The van der Waals surface area contributed by atoms with E-state index in [1.807, 2.05) is 5.32 Å². The van der Waals surface area contributed by atoms with Gasteiger partial charge in [-0.1, -0.05) is 30.3 Å². The summed E-state index contributed by atoms with van der Waals surface area (Å²) >= 11 is 0. The molecule has 0 aliphatic carbocycles. The fourth-order valence-electron chi connectivity index (χ4n) is 2.53. The summed E-state index contributed by atoms with van der Waals surface area (Å²) in [5.41, 5.74) is -2.62. The van der Waals surface area contributed by atoms with Gasteiger partial charge in [0.25, 0.3) is 5.91 Å². The molecule has 3 rings (SSSR count). The zero-order valence-corrected chi connectivity index (χ0v) is 14.3. The normalized spacial score (nSPS) is 11.9. The van der Waals surface area contributed by atoms with Crippen molar-refractivity contribution in [1.82, 2.24) is 9.78 Å². The molecule has 11 heteroatoms. The van der Waals surface area contributed by atoms with Crippen LogP contribution in [0.2, 0.25) is 0 Å². The number of halogens is 6. The third-order valence-electron chi connectivity index (χ3n) is 3.64. The van der Waals surface area contributed by atoms with Gasteiger partial charge in [-0.05, 0) is 24.3 Å². The number of nitrogens with one attached hydrogen (secondary N) is 1. The number of anilines is 1. The quantitative estimate of drug-likeness (QED) is 0.608. The average molecular weight is 415 g/mol. The highest BCUT2D eigenvalue weighted by Crippen LogP contribution is 2.35. The molecule has 0 aliphatic rings. The number of amides is 1. The van der Waals surface area contributed by atoms with Crippen LogP contribution in [0.25, 0.3) is 5.69 Å². The Morgan fingerprint density at radius 3 is 2.17 bits per heavy atom. The fourth-order valence-corrected chi connectivity index (χ4v) is 2.53. The molecule has 1 heterocycles. The monoisotopic (exact) mass is 415 g/mol. The van der Waals surface area contributed by atoms with Gasteiger partial charge in [0.1, 0.15) is 0 Å². The summed E-state index contributed by atoms with van der Waals surface area (Å²) in [7, 11) is 0. The minimum atomic E-state index is -5.05. The molecule has 0 bridgehead atoms. The van der Waals surface area contributed by atoms with E-state index in [4.69, 9.17) is 0 Å². The number of carbonyl (C=O) groups excluding carboxylic acids is 1. The Morgan fingerprint density at radius 1 is 0.931 bits per heavy atom. The molecule has 0 atom stereocenters.